The predicted molar refractivity (Wildman–Crippen MR) is 68.0 cm³/mol. The van der Waals surface area contributed by atoms with Gasteiger partial charge >= 0.3 is 5.97 Å². The van der Waals surface area contributed by atoms with E-state index in [1.165, 1.54) is 0 Å². The van der Waals surface area contributed by atoms with Crippen LogP contribution >= 0.6 is 11.5 Å². The van der Waals surface area contributed by atoms with Crippen LogP contribution in [-0.4, -0.2) is 44.6 Å². The number of aliphatic carboxylic acids is 1. The zero-order valence-corrected chi connectivity index (χ0v) is 11.4. The Kier molecular flexibility index (Phi) is 2.81. The average Bonchev–Trinajstić information content (AvgIpc) is 2.92. The molecule has 1 aliphatic heterocycles. The van der Waals surface area contributed by atoms with Gasteiger partial charge in [-0.3, -0.25) is 9.59 Å². The fourth-order valence-corrected chi connectivity index (χ4v) is 3.60. The first-order valence-electron chi connectivity index (χ1n) is 6.34. The molecule has 2 fully saturated rings. The number of piperidine rings is 1. The molecule has 6 nitrogen and oxygen atoms in total. The lowest BCUT2D eigenvalue weighted by molar-refractivity contribution is -0.139. The van der Waals surface area contributed by atoms with Crippen LogP contribution in [0.4, 0.5) is 0 Å². The molecule has 1 spiro atoms. The smallest absolute Gasteiger partial charge is 0.307 e. The summed E-state index contributed by atoms with van der Waals surface area (Å²) in [5.41, 5.74) is 0.633. The van der Waals surface area contributed by atoms with Crippen molar-refractivity contribution in [3.05, 3.63) is 10.6 Å². The van der Waals surface area contributed by atoms with Gasteiger partial charge in [-0.25, -0.2) is 0 Å². The lowest BCUT2D eigenvalue weighted by Crippen LogP contribution is -2.39. The Labute approximate surface area is 114 Å². The van der Waals surface area contributed by atoms with Crippen molar-refractivity contribution in [3.8, 4) is 0 Å². The van der Waals surface area contributed by atoms with Crippen molar-refractivity contribution in [1.82, 2.24) is 14.5 Å². The number of carbonyl (C=O) groups is 2. The van der Waals surface area contributed by atoms with Crippen LogP contribution < -0.4 is 0 Å². The van der Waals surface area contributed by atoms with Gasteiger partial charge in [0.05, 0.1) is 11.6 Å². The van der Waals surface area contributed by atoms with E-state index < -0.39 is 5.97 Å². The second-order valence-electron chi connectivity index (χ2n) is 5.44. The first-order valence-corrected chi connectivity index (χ1v) is 7.12. The maximum atomic E-state index is 12.3. The molecule has 0 radical (unpaired) electrons. The molecule has 1 amide bonds. The SMILES string of the molecule is Cc1nnsc1C(=O)N1CCC2(CC1)CC2C(=O)O. The van der Waals surface area contributed by atoms with Crippen LogP contribution in [0.1, 0.15) is 34.6 Å². The van der Waals surface area contributed by atoms with E-state index in [1.54, 1.807) is 11.8 Å². The number of likely N-dealkylation sites (tertiary alicyclic amines) is 1. The van der Waals surface area contributed by atoms with Crippen molar-refractivity contribution in [2.75, 3.05) is 13.1 Å². The number of hydrogen-bond donors (Lipinski definition) is 1. The third-order valence-corrected chi connectivity index (χ3v) is 5.20. The molecule has 2 heterocycles. The van der Waals surface area contributed by atoms with Crippen LogP contribution in [0.15, 0.2) is 0 Å². The summed E-state index contributed by atoms with van der Waals surface area (Å²) in [4.78, 5) is 25.6. The normalized spacial score (nSPS) is 24.5. The molecular formula is C12H15N3O3S. The minimum atomic E-state index is -0.692. The summed E-state index contributed by atoms with van der Waals surface area (Å²) < 4.78 is 3.78. The van der Waals surface area contributed by atoms with Crippen molar-refractivity contribution in [2.45, 2.75) is 26.2 Å². The van der Waals surface area contributed by atoms with Crippen LogP contribution in [0, 0.1) is 18.3 Å². The van der Waals surface area contributed by atoms with Gasteiger partial charge in [-0.15, -0.1) is 5.10 Å². The van der Waals surface area contributed by atoms with Crippen molar-refractivity contribution in [1.29, 1.82) is 0 Å². The minimum Gasteiger partial charge on any atom is -0.481 e. The highest BCUT2D eigenvalue weighted by atomic mass is 32.1. The summed E-state index contributed by atoms with van der Waals surface area (Å²) in [6.07, 6.45) is 2.35. The van der Waals surface area contributed by atoms with E-state index in [0.29, 0.717) is 23.7 Å². The number of aryl methyl sites for hydroxylation is 1. The average molecular weight is 281 g/mol. The standard InChI is InChI=1S/C12H15N3O3S/c1-7-9(19-14-13-7)10(16)15-4-2-12(3-5-15)6-8(12)11(17)18/h8H,2-6H2,1H3,(H,17,18). The monoisotopic (exact) mass is 281 g/mol. The van der Waals surface area contributed by atoms with Gasteiger partial charge < -0.3 is 10.0 Å². The van der Waals surface area contributed by atoms with Crippen LogP contribution in [0.2, 0.25) is 0 Å². The van der Waals surface area contributed by atoms with Crippen LogP contribution in [-0.2, 0) is 4.79 Å². The Morgan fingerprint density at radius 1 is 1.42 bits per heavy atom. The Balaban J connectivity index is 1.64. The van der Waals surface area contributed by atoms with Gasteiger partial charge in [0.2, 0.25) is 0 Å². The molecule has 0 aromatic carbocycles. The third kappa shape index (κ3) is 2.01. The van der Waals surface area contributed by atoms with Gasteiger partial charge in [-0.05, 0) is 43.1 Å². The van der Waals surface area contributed by atoms with E-state index >= 15 is 0 Å². The molecule has 2 aliphatic rings. The first kappa shape index (κ1) is 12.5. The molecule has 1 aromatic heterocycles. The van der Waals surface area contributed by atoms with Gasteiger partial charge in [0, 0.05) is 13.1 Å². The maximum Gasteiger partial charge on any atom is 0.307 e. The Morgan fingerprint density at radius 2 is 2.11 bits per heavy atom. The van der Waals surface area contributed by atoms with Gasteiger partial charge in [0.25, 0.3) is 5.91 Å². The summed E-state index contributed by atoms with van der Waals surface area (Å²) in [7, 11) is 0. The number of rotatable bonds is 2. The number of hydrogen-bond acceptors (Lipinski definition) is 5. The first-order chi connectivity index (χ1) is 9.03. The molecule has 1 saturated carbocycles. The maximum absolute atomic E-state index is 12.3. The van der Waals surface area contributed by atoms with E-state index in [0.717, 1.165) is 30.8 Å². The summed E-state index contributed by atoms with van der Waals surface area (Å²) in [5.74, 6) is -0.909. The Hall–Kier alpha value is -1.50. The van der Waals surface area contributed by atoms with Crippen LogP contribution in [0.3, 0.4) is 0 Å². The van der Waals surface area contributed by atoms with Gasteiger partial charge in [0.15, 0.2) is 0 Å². The third-order valence-electron chi connectivity index (χ3n) is 4.38. The van der Waals surface area contributed by atoms with Gasteiger partial charge in [0.1, 0.15) is 4.88 Å². The zero-order chi connectivity index (χ0) is 13.6. The molecule has 0 bridgehead atoms. The minimum absolute atomic E-state index is 0.0186. The molecule has 1 saturated heterocycles. The molecule has 3 rings (SSSR count). The van der Waals surface area contributed by atoms with Crippen LogP contribution in [0.5, 0.6) is 0 Å². The van der Waals surface area contributed by atoms with Crippen LogP contribution in [0.25, 0.3) is 0 Å². The summed E-state index contributed by atoms with van der Waals surface area (Å²) in [6, 6.07) is 0. The molecule has 1 aliphatic carbocycles. The van der Waals surface area contributed by atoms with Crippen molar-refractivity contribution in [2.24, 2.45) is 11.3 Å². The molecule has 1 aromatic rings. The lowest BCUT2D eigenvalue weighted by atomic mass is 9.90. The van der Waals surface area contributed by atoms with Crippen molar-refractivity contribution >= 4 is 23.4 Å². The highest BCUT2D eigenvalue weighted by molar-refractivity contribution is 7.07. The Morgan fingerprint density at radius 3 is 2.58 bits per heavy atom. The fraction of sp³-hybridized carbons (Fsp3) is 0.667. The molecular weight excluding hydrogens is 266 g/mol. The molecule has 102 valence electrons. The van der Waals surface area contributed by atoms with E-state index in [9.17, 15) is 9.59 Å². The van der Waals surface area contributed by atoms with E-state index in [-0.39, 0.29) is 17.2 Å². The summed E-state index contributed by atoms with van der Waals surface area (Å²) in [6.45, 7) is 3.06. The number of nitrogens with zero attached hydrogens (tertiary/aromatic N) is 3. The Bertz CT molecular complexity index is 534. The van der Waals surface area contributed by atoms with Gasteiger partial charge in [-0.2, -0.15) is 0 Å². The lowest BCUT2D eigenvalue weighted by Gasteiger charge is -2.32. The second-order valence-corrected chi connectivity index (χ2v) is 6.19. The largest absolute Gasteiger partial charge is 0.481 e. The molecule has 1 N–H and O–H groups in total. The van der Waals surface area contributed by atoms with Crippen molar-refractivity contribution < 1.29 is 14.7 Å². The van der Waals surface area contributed by atoms with E-state index in [2.05, 4.69) is 9.59 Å². The van der Waals surface area contributed by atoms with Gasteiger partial charge in [-0.1, -0.05) is 4.49 Å². The van der Waals surface area contributed by atoms with E-state index in [1.807, 2.05) is 0 Å². The molecule has 19 heavy (non-hydrogen) atoms. The highest BCUT2D eigenvalue weighted by Gasteiger charge is 2.59. The number of carboxylic acid groups (broad SMARTS) is 1. The zero-order valence-electron chi connectivity index (χ0n) is 10.6. The molecule has 7 heteroatoms. The topological polar surface area (TPSA) is 83.4 Å². The van der Waals surface area contributed by atoms with E-state index in [4.69, 9.17) is 5.11 Å². The predicted octanol–water partition coefficient (Wildman–Crippen LogP) is 1.17. The molecule has 1 unspecified atom stereocenters. The number of aromatic nitrogens is 2. The molecule has 1 atom stereocenters. The second kappa shape index (κ2) is 4.26. The summed E-state index contributed by atoms with van der Waals surface area (Å²) in [5, 5.41) is 12.9. The number of carbonyl (C=O) groups excluding carboxylic acids is 1. The number of amides is 1. The van der Waals surface area contributed by atoms with Crippen molar-refractivity contribution in [3.63, 3.8) is 0 Å². The highest BCUT2D eigenvalue weighted by Crippen LogP contribution is 2.59. The fourth-order valence-electron chi connectivity index (χ4n) is 2.98. The summed E-state index contributed by atoms with van der Waals surface area (Å²) >= 11 is 1.13. The quantitative estimate of drug-likeness (QED) is 0.880. The number of carboxylic acids is 1.